The number of carbonyl (C=O) groups excluding carboxylic acids is 2. The summed E-state index contributed by atoms with van der Waals surface area (Å²) in [6, 6.07) is 13.9. The van der Waals surface area contributed by atoms with Crippen molar-refractivity contribution in [3.05, 3.63) is 72.3 Å². The molecular formula is C24H27N5O2. The van der Waals surface area contributed by atoms with E-state index in [4.69, 9.17) is 0 Å². The number of amides is 2. The molecule has 7 nitrogen and oxygen atoms in total. The van der Waals surface area contributed by atoms with Crippen LogP contribution >= 0.6 is 0 Å². The van der Waals surface area contributed by atoms with Gasteiger partial charge in [-0.2, -0.15) is 5.10 Å². The first kappa shape index (κ1) is 20.8. The van der Waals surface area contributed by atoms with Gasteiger partial charge in [-0.25, -0.2) is 0 Å². The summed E-state index contributed by atoms with van der Waals surface area (Å²) < 4.78 is 1.58. The second kappa shape index (κ2) is 9.12. The molecule has 7 heteroatoms. The van der Waals surface area contributed by atoms with E-state index in [9.17, 15) is 9.59 Å². The van der Waals surface area contributed by atoms with Crippen molar-refractivity contribution < 1.29 is 9.59 Å². The van der Waals surface area contributed by atoms with E-state index in [0.29, 0.717) is 38.3 Å². The first-order chi connectivity index (χ1) is 15.1. The SMILES string of the molecule is CCN1CCN(C(=O)c2ccnn2C)C[C@H](Cc2ccc(-c3cccnc3)cc2)C1=O. The van der Waals surface area contributed by atoms with Crippen LogP contribution in [0, 0.1) is 5.92 Å². The lowest BCUT2D eigenvalue weighted by Gasteiger charge is -2.23. The van der Waals surface area contributed by atoms with Crippen LogP contribution in [0.2, 0.25) is 0 Å². The number of benzene rings is 1. The third-order valence-corrected chi connectivity index (χ3v) is 5.88. The van der Waals surface area contributed by atoms with Gasteiger partial charge in [-0.3, -0.25) is 19.3 Å². The van der Waals surface area contributed by atoms with Gasteiger partial charge in [-0.1, -0.05) is 30.3 Å². The average molecular weight is 418 g/mol. The van der Waals surface area contributed by atoms with E-state index >= 15 is 0 Å². The van der Waals surface area contributed by atoms with Gasteiger partial charge in [0.1, 0.15) is 5.69 Å². The van der Waals surface area contributed by atoms with Gasteiger partial charge in [-0.05, 0) is 42.2 Å². The number of rotatable bonds is 5. The van der Waals surface area contributed by atoms with Gasteiger partial charge < -0.3 is 9.80 Å². The summed E-state index contributed by atoms with van der Waals surface area (Å²) in [6.45, 7) is 4.11. The Hall–Kier alpha value is -3.48. The molecule has 1 aromatic carbocycles. The highest BCUT2D eigenvalue weighted by Gasteiger charge is 2.32. The van der Waals surface area contributed by atoms with Crippen LogP contribution < -0.4 is 0 Å². The normalized spacial score (nSPS) is 17.0. The van der Waals surface area contributed by atoms with Crippen molar-refractivity contribution in [3.8, 4) is 11.1 Å². The summed E-state index contributed by atoms with van der Waals surface area (Å²) in [6.07, 6.45) is 5.81. The lowest BCUT2D eigenvalue weighted by Crippen LogP contribution is -2.38. The van der Waals surface area contributed by atoms with Crippen LogP contribution in [0.5, 0.6) is 0 Å². The van der Waals surface area contributed by atoms with Crippen molar-refractivity contribution in [1.82, 2.24) is 24.6 Å². The Morgan fingerprint density at radius 3 is 2.52 bits per heavy atom. The Kier molecular flexibility index (Phi) is 6.11. The summed E-state index contributed by atoms with van der Waals surface area (Å²) >= 11 is 0. The highest BCUT2D eigenvalue weighted by molar-refractivity contribution is 5.93. The number of hydrogen-bond donors (Lipinski definition) is 0. The molecule has 2 aromatic heterocycles. The number of nitrogens with zero attached hydrogens (tertiary/aromatic N) is 5. The maximum absolute atomic E-state index is 13.2. The molecule has 0 radical (unpaired) electrons. The Balaban J connectivity index is 1.53. The average Bonchev–Trinajstić information content (AvgIpc) is 3.17. The standard InChI is InChI=1S/C24H27N5O2/c1-3-28-13-14-29(24(31)22-10-12-26-27(22)2)17-21(23(28)30)15-18-6-8-19(9-7-18)20-5-4-11-25-16-20/h4-12,16,21H,3,13-15,17H2,1-2H3/t21-/m0/s1. The summed E-state index contributed by atoms with van der Waals surface area (Å²) in [5.74, 6) is -0.245. The summed E-state index contributed by atoms with van der Waals surface area (Å²) in [5.41, 5.74) is 3.77. The number of hydrogen-bond acceptors (Lipinski definition) is 4. The fraction of sp³-hybridized carbons (Fsp3) is 0.333. The summed E-state index contributed by atoms with van der Waals surface area (Å²) in [5, 5.41) is 4.11. The molecular weight excluding hydrogens is 390 g/mol. The Morgan fingerprint density at radius 1 is 1.06 bits per heavy atom. The molecule has 1 fully saturated rings. The van der Waals surface area contributed by atoms with E-state index in [1.807, 2.05) is 30.2 Å². The van der Waals surface area contributed by atoms with Crippen LogP contribution in [0.25, 0.3) is 11.1 Å². The number of pyridine rings is 1. The molecule has 31 heavy (non-hydrogen) atoms. The first-order valence-electron chi connectivity index (χ1n) is 10.6. The summed E-state index contributed by atoms with van der Waals surface area (Å²) in [7, 11) is 1.76. The van der Waals surface area contributed by atoms with Crippen LogP contribution in [0.1, 0.15) is 23.0 Å². The van der Waals surface area contributed by atoms with Crippen LogP contribution in [-0.4, -0.2) is 62.6 Å². The Bertz CT molecular complexity index is 1050. The molecule has 0 saturated carbocycles. The highest BCUT2D eigenvalue weighted by atomic mass is 16.2. The lowest BCUT2D eigenvalue weighted by atomic mass is 9.96. The molecule has 160 valence electrons. The monoisotopic (exact) mass is 417 g/mol. The maximum atomic E-state index is 13.2. The predicted octanol–water partition coefficient (Wildman–Crippen LogP) is 2.65. The molecule has 3 heterocycles. The number of likely N-dealkylation sites (N-methyl/N-ethyl adjacent to an activating group) is 1. The zero-order valence-corrected chi connectivity index (χ0v) is 17.9. The van der Waals surface area contributed by atoms with Gasteiger partial charge in [0.15, 0.2) is 0 Å². The fourth-order valence-electron chi connectivity index (χ4n) is 4.09. The molecule has 1 saturated heterocycles. The van der Waals surface area contributed by atoms with Gasteiger partial charge in [-0.15, -0.1) is 0 Å². The van der Waals surface area contributed by atoms with Gasteiger partial charge in [0, 0.05) is 51.8 Å². The number of aryl methyl sites for hydroxylation is 1. The topological polar surface area (TPSA) is 71.3 Å². The quantitative estimate of drug-likeness (QED) is 0.640. The van der Waals surface area contributed by atoms with Crippen molar-refractivity contribution in [1.29, 1.82) is 0 Å². The zero-order chi connectivity index (χ0) is 21.8. The second-order valence-electron chi connectivity index (χ2n) is 7.85. The minimum absolute atomic E-state index is 0.0809. The van der Waals surface area contributed by atoms with Crippen LogP contribution in [0.15, 0.2) is 61.1 Å². The lowest BCUT2D eigenvalue weighted by molar-refractivity contribution is -0.134. The van der Waals surface area contributed by atoms with Crippen molar-refractivity contribution in [3.63, 3.8) is 0 Å². The summed E-state index contributed by atoms with van der Waals surface area (Å²) in [4.78, 5) is 34.0. The van der Waals surface area contributed by atoms with Gasteiger partial charge in [0.25, 0.3) is 5.91 Å². The van der Waals surface area contributed by atoms with Crippen molar-refractivity contribution in [2.45, 2.75) is 13.3 Å². The third-order valence-electron chi connectivity index (χ3n) is 5.88. The molecule has 0 unspecified atom stereocenters. The van der Waals surface area contributed by atoms with Gasteiger partial charge in [0.05, 0.1) is 5.92 Å². The smallest absolute Gasteiger partial charge is 0.272 e. The molecule has 1 atom stereocenters. The van der Waals surface area contributed by atoms with Crippen molar-refractivity contribution in [2.24, 2.45) is 13.0 Å². The molecule has 0 bridgehead atoms. The van der Waals surface area contributed by atoms with Crippen LogP contribution in [-0.2, 0) is 18.3 Å². The Morgan fingerprint density at radius 2 is 1.87 bits per heavy atom. The minimum atomic E-state index is -0.274. The molecule has 0 N–H and O–H groups in total. The van der Waals surface area contributed by atoms with Crippen LogP contribution in [0.4, 0.5) is 0 Å². The molecule has 1 aliphatic heterocycles. The maximum Gasteiger partial charge on any atom is 0.272 e. The van der Waals surface area contributed by atoms with E-state index in [2.05, 4.69) is 34.3 Å². The van der Waals surface area contributed by atoms with Crippen molar-refractivity contribution in [2.75, 3.05) is 26.2 Å². The molecule has 1 aliphatic rings. The minimum Gasteiger partial charge on any atom is -0.341 e. The van der Waals surface area contributed by atoms with Crippen molar-refractivity contribution >= 4 is 11.8 Å². The predicted molar refractivity (Wildman–Crippen MR) is 118 cm³/mol. The van der Waals surface area contributed by atoms with Gasteiger partial charge in [0.2, 0.25) is 5.91 Å². The molecule has 4 rings (SSSR count). The van der Waals surface area contributed by atoms with Crippen LogP contribution in [0.3, 0.4) is 0 Å². The van der Waals surface area contributed by atoms with E-state index < -0.39 is 0 Å². The molecule has 3 aromatic rings. The largest absolute Gasteiger partial charge is 0.341 e. The van der Waals surface area contributed by atoms with Gasteiger partial charge >= 0.3 is 0 Å². The fourth-order valence-corrected chi connectivity index (χ4v) is 4.09. The van der Waals surface area contributed by atoms with E-state index in [1.54, 1.807) is 35.1 Å². The molecule has 0 spiro atoms. The van der Waals surface area contributed by atoms with E-state index in [0.717, 1.165) is 16.7 Å². The van der Waals surface area contributed by atoms with E-state index in [1.165, 1.54) is 0 Å². The number of aromatic nitrogens is 3. The zero-order valence-electron chi connectivity index (χ0n) is 17.9. The highest BCUT2D eigenvalue weighted by Crippen LogP contribution is 2.22. The Labute approximate surface area is 182 Å². The third kappa shape index (κ3) is 4.50. The molecule has 0 aliphatic carbocycles. The second-order valence-corrected chi connectivity index (χ2v) is 7.85. The first-order valence-corrected chi connectivity index (χ1v) is 10.6. The molecule has 2 amide bonds. The number of carbonyl (C=O) groups is 2. The van der Waals surface area contributed by atoms with E-state index in [-0.39, 0.29) is 17.7 Å².